The van der Waals surface area contributed by atoms with Crippen molar-refractivity contribution < 1.29 is 4.79 Å². The molecule has 1 aliphatic rings. The third-order valence-electron chi connectivity index (χ3n) is 3.06. The fourth-order valence-corrected chi connectivity index (χ4v) is 2.14. The van der Waals surface area contributed by atoms with E-state index in [1.165, 1.54) is 12.8 Å². The van der Waals surface area contributed by atoms with Crippen molar-refractivity contribution in [2.75, 3.05) is 6.54 Å². The first-order chi connectivity index (χ1) is 5.75. The summed E-state index contributed by atoms with van der Waals surface area (Å²) in [6.45, 7) is 4.87. The van der Waals surface area contributed by atoms with Gasteiger partial charge in [0.25, 0.3) is 0 Å². The largest absolute Gasteiger partial charge is 0.356 e. The lowest BCUT2D eigenvalue weighted by Crippen LogP contribution is -2.38. The van der Waals surface area contributed by atoms with E-state index in [1.807, 2.05) is 6.92 Å². The van der Waals surface area contributed by atoms with Gasteiger partial charge >= 0.3 is 0 Å². The number of amides is 1. The van der Waals surface area contributed by atoms with Crippen LogP contribution < -0.4 is 5.32 Å². The van der Waals surface area contributed by atoms with Crippen molar-refractivity contribution in [1.82, 2.24) is 5.32 Å². The molecule has 0 aliphatic heterocycles. The van der Waals surface area contributed by atoms with Crippen LogP contribution in [0.5, 0.6) is 0 Å². The first kappa shape index (κ1) is 9.56. The molecule has 0 aromatic rings. The van der Waals surface area contributed by atoms with Gasteiger partial charge in [0.15, 0.2) is 0 Å². The third kappa shape index (κ3) is 1.62. The number of hydrogen-bond acceptors (Lipinski definition) is 1. The second kappa shape index (κ2) is 3.92. The first-order valence-electron chi connectivity index (χ1n) is 5.03. The number of carbonyl (C=O) groups is 1. The van der Waals surface area contributed by atoms with Crippen LogP contribution in [0, 0.1) is 5.41 Å². The summed E-state index contributed by atoms with van der Waals surface area (Å²) in [5.74, 6) is 0.282. The van der Waals surface area contributed by atoms with Crippen molar-refractivity contribution >= 4 is 5.91 Å². The molecule has 1 fully saturated rings. The third-order valence-corrected chi connectivity index (χ3v) is 3.06. The second-order valence-electron chi connectivity index (χ2n) is 3.70. The van der Waals surface area contributed by atoms with Gasteiger partial charge in [0.2, 0.25) is 5.91 Å². The molecule has 1 rings (SSSR count). The summed E-state index contributed by atoms with van der Waals surface area (Å²) in [5, 5.41) is 2.94. The van der Waals surface area contributed by atoms with E-state index in [0.717, 1.165) is 25.8 Å². The fourth-order valence-electron chi connectivity index (χ4n) is 2.14. The van der Waals surface area contributed by atoms with Crippen molar-refractivity contribution in [2.45, 2.75) is 46.0 Å². The molecule has 0 bridgehead atoms. The van der Waals surface area contributed by atoms with Crippen LogP contribution in [0.3, 0.4) is 0 Å². The van der Waals surface area contributed by atoms with Crippen LogP contribution in [0.15, 0.2) is 0 Å². The Morgan fingerprint density at radius 1 is 1.33 bits per heavy atom. The van der Waals surface area contributed by atoms with Gasteiger partial charge in [0.05, 0.1) is 0 Å². The van der Waals surface area contributed by atoms with Gasteiger partial charge in [-0.3, -0.25) is 4.79 Å². The summed E-state index contributed by atoms with van der Waals surface area (Å²) < 4.78 is 0. The van der Waals surface area contributed by atoms with Crippen molar-refractivity contribution in [3.8, 4) is 0 Å². The van der Waals surface area contributed by atoms with E-state index < -0.39 is 0 Å². The highest BCUT2D eigenvalue weighted by molar-refractivity contribution is 5.82. The number of hydrogen-bond donors (Lipinski definition) is 1. The molecular weight excluding hydrogens is 150 g/mol. The van der Waals surface area contributed by atoms with Crippen LogP contribution in [0.4, 0.5) is 0 Å². The molecule has 0 aromatic carbocycles. The van der Waals surface area contributed by atoms with Gasteiger partial charge in [-0.15, -0.1) is 0 Å². The lowest BCUT2D eigenvalue weighted by molar-refractivity contribution is -0.130. The topological polar surface area (TPSA) is 29.1 Å². The molecule has 2 nitrogen and oxygen atoms in total. The van der Waals surface area contributed by atoms with Crippen molar-refractivity contribution in [3.05, 3.63) is 0 Å². The van der Waals surface area contributed by atoms with Crippen molar-refractivity contribution in [3.63, 3.8) is 0 Å². The van der Waals surface area contributed by atoms with Crippen LogP contribution in [0.1, 0.15) is 46.0 Å². The van der Waals surface area contributed by atoms with Crippen LogP contribution in [0.2, 0.25) is 0 Å². The Morgan fingerprint density at radius 3 is 2.33 bits per heavy atom. The lowest BCUT2D eigenvalue weighted by Gasteiger charge is -2.25. The molecule has 0 saturated heterocycles. The molecule has 12 heavy (non-hydrogen) atoms. The van der Waals surface area contributed by atoms with Gasteiger partial charge < -0.3 is 5.32 Å². The molecule has 0 atom stereocenters. The minimum absolute atomic E-state index is 0.00396. The summed E-state index contributed by atoms with van der Waals surface area (Å²) >= 11 is 0. The first-order valence-corrected chi connectivity index (χ1v) is 5.03. The SMILES string of the molecule is CCNC(=O)C1(CC)CCCC1. The summed E-state index contributed by atoms with van der Waals surface area (Å²) in [6, 6.07) is 0. The number of nitrogens with one attached hydrogen (secondary N) is 1. The van der Waals surface area contributed by atoms with E-state index in [-0.39, 0.29) is 11.3 Å². The molecule has 2 heteroatoms. The van der Waals surface area contributed by atoms with Gasteiger partial charge in [-0.1, -0.05) is 19.8 Å². The predicted molar refractivity (Wildman–Crippen MR) is 49.9 cm³/mol. The predicted octanol–water partition coefficient (Wildman–Crippen LogP) is 2.09. The van der Waals surface area contributed by atoms with E-state index in [2.05, 4.69) is 12.2 Å². The quantitative estimate of drug-likeness (QED) is 0.688. The van der Waals surface area contributed by atoms with Crippen molar-refractivity contribution in [1.29, 1.82) is 0 Å². The van der Waals surface area contributed by atoms with E-state index in [4.69, 9.17) is 0 Å². The lowest BCUT2D eigenvalue weighted by atomic mass is 9.82. The molecule has 1 amide bonds. The Bertz CT molecular complexity index is 159. The standard InChI is InChI=1S/C10H19NO/c1-3-10(7-5-6-8-10)9(12)11-4-2/h3-8H2,1-2H3,(H,11,12). The monoisotopic (exact) mass is 169 g/mol. The zero-order valence-corrected chi connectivity index (χ0v) is 8.15. The van der Waals surface area contributed by atoms with E-state index in [9.17, 15) is 4.79 Å². The molecule has 0 heterocycles. The van der Waals surface area contributed by atoms with Gasteiger partial charge in [-0.25, -0.2) is 0 Å². The van der Waals surface area contributed by atoms with E-state index in [1.54, 1.807) is 0 Å². The maximum absolute atomic E-state index is 11.7. The molecule has 0 unspecified atom stereocenters. The highest BCUT2D eigenvalue weighted by Gasteiger charge is 2.38. The molecule has 0 aromatic heterocycles. The highest BCUT2D eigenvalue weighted by atomic mass is 16.2. The molecular formula is C10H19NO. The van der Waals surface area contributed by atoms with Gasteiger partial charge in [-0.05, 0) is 26.2 Å². The molecule has 70 valence electrons. The van der Waals surface area contributed by atoms with Gasteiger partial charge in [0.1, 0.15) is 0 Å². The second-order valence-corrected chi connectivity index (χ2v) is 3.70. The summed E-state index contributed by atoms with van der Waals surface area (Å²) in [4.78, 5) is 11.7. The average Bonchev–Trinajstić information content (AvgIpc) is 2.54. The minimum atomic E-state index is -0.00396. The molecule has 1 N–H and O–H groups in total. The zero-order valence-electron chi connectivity index (χ0n) is 8.15. The Balaban J connectivity index is 2.59. The summed E-state index contributed by atoms with van der Waals surface area (Å²) in [5.41, 5.74) is -0.00396. The maximum Gasteiger partial charge on any atom is 0.226 e. The Kier molecular flexibility index (Phi) is 3.12. The molecule has 1 saturated carbocycles. The van der Waals surface area contributed by atoms with Crippen molar-refractivity contribution in [2.24, 2.45) is 5.41 Å². The highest BCUT2D eigenvalue weighted by Crippen LogP contribution is 2.40. The van der Waals surface area contributed by atoms with Crippen LogP contribution in [0.25, 0.3) is 0 Å². The normalized spacial score (nSPS) is 20.8. The average molecular weight is 169 g/mol. The van der Waals surface area contributed by atoms with Crippen LogP contribution >= 0.6 is 0 Å². The van der Waals surface area contributed by atoms with Crippen LogP contribution in [-0.2, 0) is 4.79 Å². The Labute approximate surface area is 74.7 Å². The Morgan fingerprint density at radius 2 is 1.92 bits per heavy atom. The minimum Gasteiger partial charge on any atom is -0.356 e. The fraction of sp³-hybridized carbons (Fsp3) is 0.900. The molecule has 1 aliphatic carbocycles. The zero-order chi connectivity index (χ0) is 9.03. The van der Waals surface area contributed by atoms with E-state index in [0.29, 0.717) is 0 Å². The van der Waals surface area contributed by atoms with E-state index >= 15 is 0 Å². The Hall–Kier alpha value is -0.530. The summed E-state index contributed by atoms with van der Waals surface area (Å²) in [7, 11) is 0. The number of carbonyl (C=O) groups excluding carboxylic acids is 1. The number of rotatable bonds is 3. The maximum atomic E-state index is 11.7. The van der Waals surface area contributed by atoms with Gasteiger partial charge in [-0.2, -0.15) is 0 Å². The molecule has 0 radical (unpaired) electrons. The summed E-state index contributed by atoms with van der Waals surface area (Å²) in [6.07, 6.45) is 5.64. The smallest absolute Gasteiger partial charge is 0.226 e. The molecule has 0 spiro atoms. The van der Waals surface area contributed by atoms with Crippen LogP contribution in [-0.4, -0.2) is 12.5 Å². The van der Waals surface area contributed by atoms with Gasteiger partial charge in [0, 0.05) is 12.0 Å².